The van der Waals surface area contributed by atoms with Crippen LogP contribution in [-0.2, 0) is 12.6 Å². The van der Waals surface area contributed by atoms with Crippen LogP contribution in [0.15, 0.2) is 12.1 Å². The van der Waals surface area contributed by atoms with Gasteiger partial charge in [-0.25, -0.2) is 4.39 Å². The molecule has 0 radical (unpaired) electrons. The summed E-state index contributed by atoms with van der Waals surface area (Å²) in [6.45, 7) is 1.25. The second kappa shape index (κ2) is 3.89. The number of alkyl halides is 3. The maximum Gasteiger partial charge on any atom is 0.416 e. The van der Waals surface area contributed by atoms with Crippen LogP contribution >= 0.6 is 0 Å². The lowest BCUT2D eigenvalue weighted by Crippen LogP contribution is -2.10. The van der Waals surface area contributed by atoms with Gasteiger partial charge < -0.3 is 0 Å². The number of nitriles is 1. The topological polar surface area (TPSA) is 23.8 Å². The Morgan fingerprint density at radius 1 is 1.33 bits per heavy atom. The van der Waals surface area contributed by atoms with E-state index in [1.54, 1.807) is 6.07 Å². The van der Waals surface area contributed by atoms with Crippen molar-refractivity contribution in [2.75, 3.05) is 0 Å². The minimum Gasteiger partial charge on any atom is -0.207 e. The van der Waals surface area contributed by atoms with Gasteiger partial charge in [-0.2, -0.15) is 18.4 Å². The fourth-order valence-electron chi connectivity index (χ4n) is 1.22. The molecule has 1 nitrogen and oxygen atoms in total. The van der Waals surface area contributed by atoms with Crippen LogP contribution in [-0.4, -0.2) is 0 Å². The highest BCUT2D eigenvalue weighted by Crippen LogP contribution is 2.33. The van der Waals surface area contributed by atoms with Gasteiger partial charge >= 0.3 is 6.18 Å². The molecule has 0 fully saturated rings. The molecule has 0 aliphatic heterocycles. The Balaban J connectivity index is 3.36. The summed E-state index contributed by atoms with van der Waals surface area (Å²) in [5.74, 6) is -0.728. The highest BCUT2D eigenvalue weighted by atomic mass is 19.4. The third-order valence-electron chi connectivity index (χ3n) is 1.96. The molecule has 15 heavy (non-hydrogen) atoms. The molecule has 0 saturated heterocycles. The standard InChI is InChI=1S/C10H7F4N/c1-6-4-8(10(12,13)14)7(2-3-15)5-9(6)11/h4-5H,2H2,1H3. The number of benzene rings is 1. The van der Waals surface area contributed by atoms with Crippen LogP contribution in [0.3, 0.4) is 0 Å². The Bertz CT molecular complexity index is 415. The van der Waals surface area contributed by atoms with Gasteiger partial charge in [-0.3, -0.25) is 0 Å². The first kappa shape index (κ1) is 11.5. The molecule has 1 aromatic carbocycles. The van der Waals surface area contributed by atoms with Gasteiger partial charge in [0.05, 0.1) is 18.1 Å². The molecule has 0 unspecified atom stereocenters. The molecule has 1 aromatic rings. The first-order valence-corrected chi connectivity index (χ1v) is 4.09. The summed E-state index contributed by atoms with van der Waals surface area (Å²) < 4.78 is 50.3. The van der Waals surface area contributed by atoms with E-state index in [-0.39, 0.29) is 11.1 Å². The number of nitrogens with zero attached hydrogens (tertiary/aromatic N) is 1. The number of halogens is 4. The molecule has 0 aromatic heterocycles. The summed E-state index contributed by atoms with van der Waals surface area (Å²) in [6.07, 6.45) is -5.00. The largest absolute Gasteiger partial charge is 0.416 e. The number of rotatable bonds is 1. The van der Waals surface area contributed by atoms with Gasteiger partial charge in [0, 0.05) is 0 Å². The molecule has 0 spiro atoms. The van der Waals surface area contributed by atoms with Crippen LogP contribution in [0.2, 0.25) is 0 Å². The van der Waals surface area contributed by atoms with Gasteiger partial charge in [-0.15, -0.1) is 0 Å². The fourth-order valence-corrected chi connectivity index (χ4v) is 1.22. The molecule has 0 atom stereocenters. The van der Waals surface area contributed by atoms with E-state index >= 15 is 0 Å². The van der Waals surface area contributed by atoms with Crippen molar-refractivity contribution in [3.05, 3.63) is 34.6 Å². The molecule has 5 heteroatoms. The van der Waals surface area contributed by atoms with Crippen molar-refractivity contribution in [3.63, 3.8) is 0 Å². The second-order valence-corrected chi connectivity index (χ2v) is 3.09. The molecule has 1 rings (SSSR count). The zero-order valence-electron chi connectivity index (χ0n) is 7.82. The molecule has 80 valence electrons. The van der Waals surface area contributed by atoms with Gasteiger partial charge in [-0.05, 0) is 30.2 Å². The van der Waals surface area contributed by atoms with Gasteiger partial charge in [0.15, 0.2) is 0 Å². The average molecular weight is 217 g/mol. The van der Waals surface area contributed by atoms with E-state index in [1.807, 2.05) is 0 Å². The maximum absolute atomic E-state index is 13.0. The zero-order chi connectivity index (χ0) is 11.6. The van der Waals surface area contributed by atoms with Gasteiger partial charge in [0.25, 0.3) is 0 Å². The quantitative estimate of drug-likeness (QED) is 0.662. The second-order valence-electron chi connectivity index (χ2n) is 3.09. The highest BCUT2D eigenvalue weighted by Gasteiger charge is 2.33. The van der Waals surface area contributed by atoms with E-state index in [0.29, 0.717) is 0 Å². The van der Waals surface area contributed by atoms with Gasteiger partial charge in [-0.1, -0.05) is 0 Å². The van der Waals surface area contributed by atoms with E-state index in [2.05, 4.69) is 0 Å². The van der Waals surface area contributed by atoms with Crippen LogP contribution in [0.5, 0.6) is 0 Å². The van der Waals surface area contributed by atoms with E-state index in [9.17, 15) is 17.6 Å². The van der Waals surface area contributed by atoms with Crippen molar-refractivity contribution in [1.82, 2.24) is 0 Å². The van der Waals surface area contributed by atoms with Crippen LogP contribution in [0, 0.1) is 24.1 Å². The van der Waals surface area contributed by atoms with Crippen molar-refractivity contribution in [3.8, 4) is 6.07 Å². The van der Waals surface area contributed by atoms with E-state index in [4.69, 9.17) is 5.26 Å². The molecule has 0 aliphatic carbocycles. The van der Waals surface area contributed by atoms with Gasteiger partial charge in [0.1, 0.15) is 5.82 Å². The number of hydrogen-bond donors (Lipinski definition) is 0. The van der Waals surface area contributed by atoms with Crippen molar-refractivity contribution in [1.29, 1.82) is 5.26 Å². The third-order valence-corrected chi connectivity index (χ3v) is 1.96. The van der Waals surface area contributed by atoms with Crippen molar-refractivity contribution < 1.29 is 17.6 Å². The summed E-state index contributed by atoms with van der Waals surface area (Å²) in [4.78, 5) is 0. The fraction of sp³-hybridized carbons (Fsp3) is 0.300. The predicted molar refractivity (Wildman–Crippen MR) is 45.5 cm³/mol. The minimum absolute atomic E-state index is 0.0796. The van der Waals surface area contributed by atoms with E-state index in [0.717, 1.165) is 12.1 Å². The molecular weight excluding hydrogens is 210 g/mol. The SMILES string of the molecule is Cc1cc(C(F)(F)F)c(CC#N)cc1F. The minimum atomic E-state index is -4.55. The lowest BCUT2D eigenvalue weighted by molar-refractivity contribution is -0.138. The lowest BCUT2D eigenvalue weighted by atomic mass is 10.0. The monoisotopic (exact) mass is 217 g/mol. The van der Waals surface area contributed by atoms with E-state index in [1.165, 1.54) is 6.92 Å². The summed E-state index contributed by atoms with van der Waals surface area (Å²) in [5.41, 5.74) is -1.35. The predicted octanol–water partition coefficient (Wildman–Crippen LogP) is 3.22. The molecule has 0 amide bonds. The number of hydrogen-bond acceptors (Lipinski definition) is 1. The smallest absolute Gasteiger partial charge is 0.207 e. The molecule has 0 heterocycles. The molecule has 0 bridgehead atoms. The normalized spacial score (nSPS) is 11.2. The third kappa shape index (κ3) is 2.46. The van der Waals surface area contributed by atoms with Crippen LogP contribution < -0.4 is 0 Å². The van der Waals surface area contributed by atoms with Crippen LogP contribution in [0.25, 0.3) is 0 Å². The summed E-state index contributed by atoms with van der Waals surface area (Å²) in [6, 6.07) is 3.07. The Hall–Kier alpha value is -1.57. The van der Waals surface area contributed by atoms with Crippen molar-refractivity contribution >= 4 is 0 Å². The Morgan fingerprint density at radius 2 is 1.93 bits per heavy atom. The van der Waals surface area contributed by atoms with Crippen molar-refractivity contribution in [2.45, 2.75) is 19.5 Å². The molecule has 0 saturated carbocycles. The Labute approximate surface area is 83.9 Å². The summed E-state index contributed by atoms with van der Waals surface area (Å²) in [7, 11) is 0. The first-order chi connectivity index (χ1) is 6.86. The molecular formula is C10H7F4N. The highest BCUT2D eigenvalue weighted by molar-refractivity contribution is 5.36. The van der Waals surface area contributed by atoms with Gasteiger partial charge in [0.2, 0.25) is 0 Å². The lowest BCUT2D eigenvalue weighted by Gasteiger charge is -2.12. The number of aryl methyl sites for hydroxylation is 1. The van der Waals surface area contributed by atoms with Crippen LogP contribution in [0.4, 0.5) is 17.6 Å². The summed E-state index contributed by atoms with van der Waals surface area (Å²) >= 11 is 0. The Morgan fingerprint density at radius 3 is 2.40 bits per heavy atom. The average Bonchev–Trinajstić information content (AvgIpc) is 2.09. The zero-order valence-corrected chi connectivity index (χ0v) is 7.82. The molecule has 0 N–H and O–H groups in total. The van der Waals surface area contributed by atoms with Crippen molar-refractivity contribution in [2.24, 2.45) is 0 Å². The Kier molecular flexibility index (Phi) is 2.98. The van der Waals surface area contributed by atoms with Crippen LogP contribution in [0.1, 0.15) is 16.7 Å². The van der Waals surface area contributed by atoms with E-state index < -0.39 is 24.0 Å². The maximum atomic E-state index is 13.0. The first-order valence-electron chi connectivity index (χ1n) is 4.09. The summed E-state index contributed by atoms with van der Waals surface area (Å²) in [5, 5.41) is 8.33. The molecule has 0 aliphatic rings.